The van der Waals surface area contributed by atoms with Crippen LogP contribution in [0.5, 0.6) is 0 Å². The summed E-state index contributed by atoms with van der Waals surface area (Å²) < 4.78 is 10.5. The average molecular weight is 225 g/mol. The fourth-order valence-electron chi connectivity index (χ4n) is 1.14. The van der Waals surface area contributed by atoms with Crippen LogP contribution in [-0.4, -0.2) is 44.9 Å². The van der Waals surface area contributed by atoms with Crippen molar-refractivity contribution in [1.29, 1.82) is 0 Å². The van der Waals surface area contributed by atoms with Gasteiger partial charge in [0.05, 0.1) is 19.8 Å². The Hall–Kier alpha value is -0.980. The number of hydrogen-bond donors (Lipinski definition) is 0. The van der Waals surface area contributed by atoms with E-state index in [9.17, 15) is 0 Å². The molecule has 0 aliphatic heterocycles. The summed E-state index contributed by atoms with van der Waals surface area (Å²) >= 11 is 0. The third-order valence-electron chi connectivity index (χ3n) is 2.29. The van der Waals surface area contributed by atoms with Crippen LogP contribution in [0.4, 0.5) is 0 Å². The lowest BCUT2D eigenvalue weighted by molar-refractivity contribution is 0.0538. The highest BCUT2D eigenvalue weighted by Crippen LogP contribution is 2.09. The molecule has 0 atom stereocenters. The molecule has 0 unspecified atom stereocenters. The smallest absolute Gasteiger partial charge is 0.107 e. The van der Waals surface area contributed by atoms with Crippen molar-refractivity contribution >= 4 is 0 Å². The fourth-order valence-corrected chi connectivity index (χ4v) is 1.14. The number of allylic oxidation sites excluding steroid dienone is 1. The molecule has 0 spiro atoms. The number of hydrogen-bond acceptors (Lipinski definition) is 3. The molecule has 0 bridgehead atoms. The average Bonchev–Trinajstić information content (AvgIpc) is 2.26. The maximum Gasteiger partial charge on any atom is 0.107 e. The first kappa shape index (κ1) is 15.0. The molecule has 0 heterocycles. The van der Waals surface area contributed by atoms with Crippen molar-refractivity contribution in [3.63, 3.8) is 0 Å². The second-order valence-corrected chi connectivity index (χ2v) is 3.94. The van der Waals surface area contributed by atoms with E-state index in [2.05, 4.69) is 31.2 Å². The highest BCUT2D eigenvalue weighted by Gasteiger charge is 2.05. The maximum absolute atomic E-state index is 5.40. The molecule has 0 aromatic rings. The molecule has 0 amide bonds. The summed E-state index contributed by atoms with van der Waals surface area (Å²) in [4.78, 5) is 2.12. The van der Waals surface area contributed by atoms with Gasteiger partial charge in [-0.3, -0.25) is 0 Å². The predicted octanol–water partition coefficient (Wildman–Crippen LogP) is 1.75. The van der Waals surface area contributed by atoms with E-state index in [-0.39, 0.29) is 0 Å². The van der Waals surface area contributed by atoms with Gasteiger partial charge in [0.25, 0.3) is 0 Å². The van der Waals surface area contributed by atoms with Crippen LogP contribution in [0.15, 0.2) is 12.3 Å². The molecule has 3 nitrogen and oxygen atoms in total. The van der Waals surface area contributed by atoms with E-state index >= 15 is 0 Å². The number of nitrogens with zero attached hydrogens (tertiary/aromatic N) is 1. The van der Waals surface area contributed by atoms with Gasteiger partial charge in [-0.25, -0.2) is 0 Å². The molecule has 0 aromatic carbocycles. The summed E-state index contributed by atoms with van der Waals surface area (Å²) in [5.74, 6) is 2.88. The van der Waals surface area contributed by atoms with Crippen molar-refractivity contribution in [1.82, 2.24) is 4.90 Å². The lowest BCUT2D eigenvalue weighted by atomic mass is 10.1. The Morgan fingerprint density at radius 3 is 2.50 bits per heavy atom. The Labute approximate surface area is 99.4 Å². The highest BCUT2D eigenvalue weighted by atomic mass is 16.5. The second kappa shape index (κ2) is 9.26. The molecule has 92 valence electrons. The largest absolute Gasteiger partial charge is 0.377 e. The minimum atomic E-state index is 0.355. The summed E-state index contributed by atoms with van der Waals surface area (Å²) in [6.07, 6.45) is 5.04. The molecule has 0 saturated heterocycles. The molecule has 0 N–H and O–H groups in total. The SMILES string of the molecule is C#CCOCCOCCN(C)C(=C)C(C)C. The Morgan fingerprint density at radius 1 is 1.31 bits per heavy atom. The Kier molecular flexibility index (Phi) is 8.69. The Morgan fingerprint density at radius 2 is 1.94 bits per heavy atom. The monoisotopic (exact) mass is 225 g/mol. The van der Waals surface area contributed by atoms with Crippen LogP contribution in [-0.2, 0) is 9.47 Å². The van der Waals surface area contributed by atoms with Crippen LogP contribution >= 0.6 is 0 Å². The fraction of sp³-hybridized carbons (Fsp3) is 0.692. The van der Waals surface area contributed by atoms with E-state index in [1.54, 1.807) is 0 Å². The van der Waals surface area contributed by atoms with Gasteiger partial charge in [-0.2, -0.15) is 0 Å². The lowest BCUT2D eigenvalue weighted by Gasteiger charge is -2.24. The summed E-state index contributed by atoms with van der Waals surface area (Å²) in [6, 6.07) is 0. The van der Waals surface area contributed by atoms with E-state index in [1.807, 2.05) is 7.05 Å². The zero-order chi connectivity index (χ0) is 12.4. The molecule has 0 rings (SSSR count). The predicted molar refractivity (Wildman–Crippen MR) is 67.1 cm³/mol. The molecule has 16 heavy (non-hydrogen) atoms. The minimum absolute atomic E-state index is 0.355. The van der Waals surface area contributed by atoms with Crippen molar-refractivity contribution in [3.8, 4) is 12.3 Å². The third-order valence-corrected chi connectivity index (χ3v) is 2.29. The molecule has 0 fully saturated rings. The van der Waals surface area contributed by atoms with Gasteiger partial charge in [-0.05, 0) is 5.92 Å². The first-order valence-electron chi connectivity index (χ1n) is 5.58. The van der Waals surface area contributed by atoms with E-state index in [0.717, 1.165) is 12.2 Å². The van der Waals surface area contributed by atoms with Crippen LogP contribution in [0, 0.1) is 18.3 Å². The normalized spacial score (nSPS) is 10.2. The molecule has 0 saturated carbocycles. The maximum atomic E-state index is 5.40. The van der Waals surface area contributed by atoms with Crippen LogP contribution in [0.3, 0.4) is 0 Å². The van der Waals surface area contributed by atoms with Gasteiger partial charge < -0.3 is 14.4 Å². The molecule has 0 radical (unpaired) electrons. The van der Waals surface area contributed by atoms with Gasteiger partial charge in [0.2, 0.25) is 0 Å². The summed E-state index contributed by atoms with van der Waals surface area (Å²) in [5.41, 5.74) is 1.13. The number of ether oxygens (including phenoxy) is 2. The van der Waals surface area contributed by atoms with Gasteiger partial charge in [0.1, 0.15) is 6.61 Å². The Balaban J connectivity index is 3.38. The molecule has 3 heteroatoms. The summed E-state index contributed by atoms with van der Waals surface area (Å²) in [6.45, 7) is 11.3. The zero-order valence-electron chi connectivity index (χ0n) is 10.7. The van der Waals surface area contributed by atoms with E-state index in [1.165, 1.54) is 0 Å². The summed E-state index contributed by atoms with van der Waals surface area (Å²) in [5, 5.41) is 0. The van der Waals surface area contributed by atoms with Gasteiger partial charge in [0.15, 0.2) is 0 Å². The van der Waals surface area contributed by atoms with Crippen LogP contribution in [0.25, 0.3) is 0 Å². The zero-order valence-corrected chi connectivity index (χ0v) is 10.7. The molecule has 0 aliphatic rings. The van der Waals surface area contributed by atoms with Crippen molar-refractivity contribution in [2.45, 2.75) is 13.8 Å². The Bertz CT molecular complexity index is 231. The van der Waals surface area contributed by atoms with Crippen LogP contribution < -0.4 is 0 Å². The van der Waals surface area contributed by atoms with E-state index < -0.39 is 0 Å². The van der Waals surface area contributed by atoms with E-state index in [0.29, 0.717) is 32.3 Å². The van der Waals surface area contributed by atoms with Gasteiger partial charge in [-0.1, -0.05) is 26.3 Å². The quantitative estimate of drug-likeness (QED) is 0.441. The lowest BCUT2D eigenvalue weighted by Crippen LogP contribution is -2.25. The number of likely N-dealkylation sites (N-methyl/N-ethyl adjacent to an activating group) is 1. The summed E-state index contributed by atoms with van der Waals surface area (Å²) in [7, 11) is 2.03. The van der Waals surface area contributed by atoms with Crippen molar-refractivity contribution < 1.29 is 9.47 Å². The number of terminal acetylenes is 1. The molecular weight excluding hydrogens is 202 g/mol. The van der Waals surface area contributed by atoms with Crippen molar-refractivity contribution in [3.05, 3.63) is 12.3 Å². The van der Waals surface area contributed by atoms with E-state index in [4.69, 9.17) is 15.9 Å². The molecule has 0 aromatic heterocycles. The van der Waals surface area contributed by atoms with Crippen LogP contribution in [0.1, 0.15) is 13.8 Å². The number of rotatable bonds is 9. The van der Waals surface area contributed by atoms with Gasteiger partial charge >= 0.3 is 0 Å². The van der Waals surface area contributed by atoms with Crippen molar-refractivity contribution in [2.75, 3.05) is 40.0 Å². The van der Waals surface area contributed by atoms with Gasteiger partial charge in [0, 0.05) is 19.3 Å². The first-order valence-corrected chi connectivity index (χ1v) is 5.58. The topological polar surface area (TPSA) is 21.7 Å². The third kappa shape index (κ3) is 7.33. The second-order valence-electron chi connectivity index (χ2n) is 3.94. The molecular formula is C13H23NO2. The van der Waals surface area contributed by atoms with Crippen LogP contribution in [0.2, 0.25) is 0 Å². The van der Waals surface area contributed by atoms with Gasteiger partial charge in [-0.15, -0.1) is 6.42 Å². The standard InChI is InChI=1S/C13H23NO2/c1-6-8-15-10-11-16-9-7-14(5)13(4)12(2)3/h1,12H,4,7-11H2,2-3,5H3. The minimum Gasteiger partial charge on any atom is -0.377 e. The molecule has 0 aliphatic carbocycles. The first-order chi connectivity index (χ1) is 7.59. The highest BCUT2D eigenvalue weighted by molar-refractivity contribution is 4.95. The van der Waals surface area contributed by atoms with Crippen molar-refractivity contribution in [2.24, 2.45) is 5.92 Å².